The molecule has 230 valence electrons. The van der Waals surface area contributed by atoms with Crippen LogP contribution in [0.15, 0.2) is 30.5 Å². The summed E-state index contributed by atoms with van der Waals surface area (Å²) in [5.41, 5.74) is 7.06. The van der Waals surface area contributed by atoms with Crippen molar-refractivity contribution in [1.29, 1.82) is 0 Å². The Hall–Kier alpha value is -4.33. The van der Waals surface area contributed by atoms with Crippen molar-refractivity contribution in [2.45, 2.75) is 62.8 Å². The van der Waals surface area contributed by atoms with Gasteiger partial charge < -0.3 is 20.7 Å². The molecule has 2 aliphatic heterocycles. The van der Waals surface area contributed by atoms with Crippen LogP contribution in [0.2, 0.25) is 5.15 Å². The Balaban J connectivity index is 1.27. The number of carbonyl (C=O) groups is 2. The number of halogens is 4. The first-order valence-corrected chi connectivity index (χ1v) is 14.7. The van der Waals surface area contributed by atoms with Crippen LogP contribution in [0.4, 0.5) is 24.8 Å². The van der Waals surface area contributed by atoms with Crippen molar-refractivity contribution in [3.05, 3.63) is 52.7 Å². The second-order valence-electron chi connectivity index (χ2n) is 11.5. The molecule has 3 aromatic heterocycles. The lowest BCUT2D eigenvalue weighted by molar-refractivity contribution is -0.143. The summed E-state index contributed by atoms with van der Waals surface area (Å²) in [6, 6.07) is 5.75. The summed E-state index contributed by atoms with van der Waals surface area (Å²) < 4.78 is 48.3. The molecule has 11 nitrogen and oxygen atoms in total. The number of anilines is 2. The fraction of sp³-hybridized carbons (Fsp3) is 0.414. The molecule has 0 spiro atoms. The number of fused-ring (bicyclic) bond motifs is 2. The van der Waals surface area contributed by atoms with Gasteiger partial charge in [-0.25, -0.2) is 9.97 Å². The Labute approximate surface area is 254 Å². The average molecular weight is 629 g/mol. The fourth-order valence-electron chi connectivity index (χ4n) is 6.17. The molecular formula is C29H28ClF3N8O3. The molecule has 7 rings (SSSR count). The molecule has 5 heterocycles. The number of hydrogen-bond acceptors (Lipinski definition) is 7. The number of piperidine rings is 1. The van der Waals surface area contributed by atoms with E-state index in [0.717, 1.165) is 45.2 Å². The number of aryl methyl sites for hydroxylation is 1. The smallest absolute Gasteiger partial charge is 0.433 e. The average Bonchev–Trinajstić information content (AvgIpc) is 3.39. The van der Waals surface area contributed by atoms with E-state index in [4.69, 9.17) is 27.1 Å². The topological polar surface area (TPSA) is 133 Å². The van der Waals surface area contributed by atoms with Crippen LogP contribution in [0.5, 0.6) is 5.75 Å². The van der Waals surface area contributed by atoms with Crippen LogP contribution >= 0.6 is 11.6 Å². The van der Waals surface area contributed by atoms with Crippen molar-refractivity contribution >= 4 is 40.6 Å². The van der Waals surface area contributed by atoms with Crippen LogP contribution in [0.25, 0.3) is 16.8 Å². The molecule has 2 saturated heterocycles. The first-order chi connectivity index (χ1) is 21.0. The lowest BCUT2D eigenvalue weighted by Crippen LogP contribution is -2.41. The Morgan fingerprint density at radius 2 is 1.95 bits per heavy atom. The van der Waals surface area contributed by atoms with Crippen LogP contribution in [-0.4, -0.2) is 59.6 Å². The molecule has 2 amide bonds. The maximum absolute atomic E-state index is 13.2. The highest BCUT2D eigenvalue weighted by atomic mass is 35.5. The van der Waals surface area contributed by atoms with Gasteiger partial charge in [0.25, 0.3) is 5.91 Å². The van der Waals surface area contributed by atoms with Gasteiger partial charge in [0.05, 0.1) is 12.3 Å². The first-order valence-electron chi connectivity index (χ1n) is 14.3. The largest absolute Gasteiger partial charge is 0.490 e. The zero-order valence-electron chi connectivity index (χ0n) is 23.6. The van der Waals surface area contributed by atoms with Gasteiger partial charge in [0.15, 0.2) is 5.82 Å². The standard InChI is InChI=1S/C29H28ClF3N8O3/c1-39-20(29(31,32)33)11-22(38-39)36-28(43)14-3-8-18(19(10-14)44-17-6-7-17)24-25-26(34)35-12-21(30)41(25)27(37-24)15-2-4-16-5-9-23(42)40(16)13-15/h3,8,10-12,15-17H,2,4-7,9,13H2,1H3,(H2,34,35)(H,36,38,43)/t15-,16+/m1/s1. The zero-order valence-corrected chi connectivity index (χ0v) is 24.3. The summed E-state index contributed by atoms with van der Waals surface area (Å²) in [6.45, 7) is 0.523. The third-order valence-electron chi connectivity index (χ3n) is 8.48. The molecule has 0 unspecified atom stereocenters. The van der Waals surface area contributed by atoms with E-state index in [0.29, 0.717) is 51.1 Å². The molecule has 3 aliphatic rings. The summed E-state index contributed by atoms with van der Waals surface area (Å²) in [5.74, 6) is 0.375. The highest BCUT2D eigenvalue weighted by molar-refractivity contribution is 6.30. The third-order valence-corrected chi connectivity index (χ3v) is 8.75. The van der Waals surface area contributed by atoms with Crippen molar-refractivity contribution in [2.24, 2.45) is 7.05 Å². The molecule has 3 fully saturated rings. The first kappa shape index (κ1) is 28.4. The van der Waals surface area contributed by atoms with Crippen LogP contribution in [0.1, 0.15) is 66.3 Å². The van der Waals surface area contributed by atoms with Crippen LogP contribution in [0, 0.1) is 0 Å². The van der Waals surface area contributed by atoms with Gasteiger partial charge in [-0.1, -0.05) is 11.6 Å². The Morgan fingerprint density at radius 3 is 2.68 bits per heavy atom. The molecule has 44 heavy (non-hydrogen) atoms. The Kier molecular flexibility index (Phi) is 6.72. The van der Waals surface area contributed by atoms with Crippen LogP contribution in [0.3, 0.4) is 0 Å². The van der Waals surface area contributed by atoms with E-state index in [1.54, 1.807) is 10.5 Å². The summed E-state index contributed by atoms with van der Waals surface area (Å²) in [5, 5.41) is 6.52. The van der Waals surface area contributed by atoms with Crippen LogP contribution in [-0.2, 0) is 18.0 Å². The molecule has 1 aromatic carbocycles. The number of nitrogens with one attached hydrogen (secondary N) is 1. The lowest BCUT2D eigenvalue weighted by Gasteiger charge is -2.34. The molecule has 0 bridgehead atoms. The van der Waals surface area contributed by atoms with E-state index in [-0.39, 0.29) is 41.2 Å². The number of benzene rings is 1. The normalized spacial score (nSPS) is 20.3. The summed E-state index contributed by atoms with van der Waals surface area (Å²) in [6.07, 6.45) is 1.55. The summed E-state index contributed by atoms with van der Waals surface area (Å²) >= 11 is 6.68. The number of imidazole rings is 1. The maximum atomic E-state index is 13.2. The number of rotatable bonds is 6. The second kappa shape index (κ2) is 10.4. The van der Waals surface area contributed by atoms with Gasteiger partial charge in [-0.05, 0) is 50.3 Å². The summed E-state index contributed by atoms with van der Waals surface area (Å²) in [7, 11) is 1.15. The van der Waals surface area contributed by atoms with Crippen molar-refractivity contribution in [1.82, 2.24) is 29.0 Å². The van der Waals surface area contributed by atoms with Gasteiger partial charge in [-0.3, -0.25) is 18.7 Å². The third kappa shape index (κ3) is 5.00. The molecule has 1 aliphatic carbocycles. The molecule has 15 heteroatoms. The number of nitrogens with two attached hydrogens (primary N) is 1. The van der Waals surface area contributed by atoms with Gasteiger partial charge in [0.2, 0.25) is 5.91 Å². The van der Waals surface area contributed by atoms with E-state index >= 15 is 0 Å². The number of ether oxygens (including phenoxy) is 1. The maximum Gasteiger partial charge on any atom is 0.433 e. The number of carbonyl (C=O) groups excluding carboxylic acids is 2. The second-order valence-corrected chi connectivity index (χ2v) is 11.9. The fourth-order valence-corrected chi connectivity index (χ4v) is 6.39. The van der Waals surface area contributed by atoms with Crippen molar-refractivity contribution in [2.75, 3.05) is 17.6 Å². The lowest BCUT2D eigenvalue weighted by atomic mass is 9.92. The number of nitrogen functional groups attached to an aromatic ring is 1. The highest BCUT2D eigenvalue weighted by Crippen LogP contribution is 2.42. The van der Waals surface area contributed by atoms with Gasteiger partial charge in [-0.15, -0.1) is 0 Å². The molecule has 0 radical (unpaired) electrons. The quantitative estimate of drug-likeness (QED) is 0.305. The Morgan fingerprint density at radius 1 is 1.16 bits per heavy atom. The molecular weight excluding hydrogens is 601 g/mol. The van der Waals surface area contributed by atoms with Gasteiger partial charge in [-0.2, -0.15) is 18.3 Å². The molecule has 1 saturated carbocycles. The van der Waals surface area contributed by atoms with Gasteiger partial charge in [0, 0.05) is 49.2 Å². The van der Waals surface area contributed by atoms with E-state index in [9.17, 15) is 22.8 Å². The summed E-state index contributed by atoms with van der Waals surface area (Å²) in [4.78, 5) is 36.9. The van der Waals surface area contributed by atoms with Crippen molar-refractivity contribution in [3.63, 3.8) is 0 Å². The predicted octanol–water partition coefficient (Wildman–Crippen LogP) is 5.05. The zero-order chi connectivity index (χ0) is 30.9. The minimum Gasteiger partial charge on any atom is -0.490 e. The highest BCUT2D eigenvalue weighted by Gasteiger charge is 2.39. The van der Waals surface area contributed by atoms with Gasteiger partial charge >= 0.3 is 6.18 Å². The monoisotopic (exact) mass is 628 g/mol. The number of hydrogen-bond donors (Lipinski definition) is 2. The van der Waals surface area contributed by atoms with Gasteiger partial charge in [0.1, 0.15) is 39.4 Å². The number of alkyl halides is 3. The van der Waals surface area contributed by atoms with Crippen molar-refractivity contribution < 1.29 is 27.5 Å². The van der Waals surface area contributed by atoms with E-state index in [1.807, 2.05) is 4.90 Å². The minimum atomic E-state index is -4.62. The number of nitrogens with zero attached hydrogens (tertiary/aromatic N) is 6. The van der Waals surface area contributed by atoms with E-state index in [2.05, 4.69) is 15.4 Å². The van der Waals surface area contributed by atoms with Crippen LogP contribution < -0.4 is 15.8 Å². The number of aromatic nitrogens is 5. The number of amides is 2. The molecule has 3 N–H and O–H groups in total. The predicted molar refractivity (Wildman–Crippen MR) is 154 cm³/mol. The minimum absolute atomic E-state index is 0.0546. The SMILES string of the molecule is Cn1nc(NC(=O)c2ccc(-c3nc([C@@H]4CC[C@H]5CCC(=O)N5C4)n4c(Cl)cnc(N)c34)c(OC3CC3)c2)cc1C(F)(F)F. The van der Waals surface area contributed by atoms with Crippen molar-refractivity contribution in [3.8, 4) is 17.0 Å². The Bertz CT molecular complexity index is 1820. The van der Waals surface area contributed by atoms with E-state index in [1.165, 1.54) is 18.3 Å². The van der Waals surface area contributed by atoms with E-state index < -0.39 is 17.8 Å². The molecule has 2 atom stereocenters. The molecule has 4 aromatic rings.